The largest absolute Gasteiger partial charge is 0.443 e. The molecule has 41 heavy (non-hydrogen) atoms. The fraction of sp³-hybridized carbons (Fsp3) is 0.517. The summed E-state index contributed by atoms with van der Waals surface area (Å²) >= 11 is 0. The van der Waals surface area contributed by atoms with Crippen LogP contribution in [0, 0.1) is 0 Å². The van der Waals surface area contributed by atoms with Crippen LogP contribution in [0.4, 0.5) is 22.0 Å². The van der Waals surface area contributed by atoms with Gasteiger partial charge in [-0.2, -0.15) is 5.10 Å². The van der Waals surface area contributed by atoms with E-state index in [1.165, 1.54) is 22.0 Å². The van der Waals surface area contributed by atoms with Crippen LogP contribution in [0.3, 0.4) is 0 Å². The molecule has 12 nitrogen and oxygen atoms in total. The van der Waals surface area contributed by atoms with Gasteiger partial charge in [0, 0.05) is 31.0 Å². The molecule has 2 amide bonds. The molecule has 0 spiro atoms. The number of anilines is 3. The number of ether oxygens (including phenoxy) is 2. The molecular weight excluding hydrogens is 528 g/mol. The van der Waals surface area contributed by atoms with E-state index in [1.54, 1.807) is 50.6 Å². The Bertz CT molecular complexity index is 1490. The van der Waals surface area contributed by atoms with Gasteiger partial charge in [-0.05, 0) is 51.8 Å². The van der Waals surface area contributed by atoms with Gasteiger partial charge in [-0.3, -0.25) is 14.5 Å². The number of hydrogen-bond donors (Lipinski definition) is 3. The lowest BCUT2D eigenvalue weighted by Gasteiger charge is -2.25. The zero-order valence-corrected chi connectivity index (χ0v) is 23.9. The average molecular weight is 567 g/mol. The molecule has 0 bridgehead atoms. The second-order valence-electron chi connectivity index (χ2n) is 11.7. The number of nitrogens with one attached hydrogen (secondary N) is 2. The van der Waals surface area contributed by atoms with Gasteiger partial charge in [0.15, 0.2) is 0 Å². The lowest BCUT2D eigenvalue weighted by atomic mass is 9.95. The van der Waals surface area contributed by atoms with Crippen molar-refractivity contribution in [1.82, 2.24) is 19.5 Å². The molecule has 220 valence electrons. The second-order valence-corrected chi connectivity index (χ2v) is 11.7. The van der Waals surface area contributed by atoms with E-state index in [9.17, 15) is 19.5 Å². The van der Waals surface area contributed by atoms with E-state index in [0.717, 1.165) is 25.7 Å². The molecule has 0 unspecified atom stereocenters. The maximum absolute atomic E-state index is 13.5. The lowest BCUT2D eigenvalue weighted by Crippen LogP contribution is -2.42. The summed E-state index contributed by atoms with van der Waals surface area (Å²) in [5.41, 5.74) is 0.635. The van der Waals surface area contributed by atoms with Crippen molar-refractivity contribution in [3.8, 4) is 0 Å². The lowest BCUT2D eigenvalue weighted by molar-refractivity contribution is 0.0587. The summed E-state index contributed by atoms with van der Waals surface area (Å²) in [5.74, 6) is -0.122. The van der Waals surface area contributed by atoms with Gasteiger partial charge < -0.3 is 29.8 Å². The number of carbonyl (C=O) groups excluding carboxylic acids is 2. The molecule has 3 N–H and O–H groups in total. The highest BCUT2D eigenvalue weighted by atomic mass is 16.6. The zero-order chi connectivity index (χ0) is 29.3. The zero-order valence-electron chi connectivity index (χ0n) is 23.9. The van der Waals surface area contributed by atoms with Gasteiger partial charge in [-0.1, -0.05) is 19.3 Å². The Morgan fingerprint density at radius 1 is 1.17 bits per heavy atom. The summed E-state index contributed by atoms with van der Waals surface area (Å²) < 4.78 is 14.1. The highest BCUT2D eigenvalue weighted by molar-refractivity contribution is 6.02. The van der Waals surface area contributed by atoms with E-state index in [1.807, 2.05) is 12.3 Å². The molecular formula is C29H38N6O6. The molecule has 4 heterocycles. The Balaban J connectivity index is 1.53. The number of aliphatic hydroxyl groups excluding tert-OH is 1. The fourth-order valence-electron chi connectivity index (χ4n) is 5.31. The van der Waals surface area contributed by atoms with Crippen molar-refractivity contribution in [3.63, 3.8) is 0 Å². The van der Waals surface area contributed by atoms with Crippen molar-refractivity contribution >= 4 is 34.7 Å². The Labute approximate surface area is 238 Å². The van der Waals surface area contributed by atoms with Crippen LogP contribution in [0.2, 0.25) is 0 Å². The van der Waals surface area contributed by atoms with E-state index in [0.29, 0.717) is 22.7 Å². The SMILES string of the molecule is CN(C(=O)OC(C)(C)C)c1cc(Nc2cccn(C3CCCCC3)c2=O)cc2c(C(=O)N[C@H]3COC[C@H]3O)cnn12. The summed E-state index contributed by atoms with van der Waals surface area (Å²) in [5, 5.41) is 20.5. The van der Waals surface area contributed by atoms with Crippen LogP contribution < -0.4 is 21.1 Å². The fourth-order valence-corrected chi connectivity index (χ4v) is 5.31. The third-order valence-electron chi connectivity index (χ3n) is 7.44. The molecule has 5 rings (SSSR count). The van der Waals surface area contributed by atoms with Gasteiger partial charge in [0.1, 0.15) is 17.1 Å². The molecule has 3 aromatic rings. The number of carbonyl (C=O) groups is 2. The Morgan fingerprint density at radius 3 is 2.61 bits per heavy atom. The summed E-state index contributed by atoms with van der Waals surface area (Å²) in [7, 11) is 1.55. The Hall–Kier alpha value is -3.90. The van der Waals surface area contributed by atoms with E-state index in [2.05, 4.69) is 15.7 Å². The molecule has 1 aliphatic heterocycles. The molecule has 2 atom stereocenters. The standard InChI is InChI=1S/C29H38N6O6/c1-29(2,3)41-28(39)33(4)25-14-18(31-21-11-8-12-34(27(21)38)19-9-6-5-7-10-19)13-23-20(15-30-35(23)25)26(37)32-22-16-40-17-24(22)36/h8,11-15,19,22,24,31,36H,5-7,9-10,16-17H2,1-4H3,(H,32,37)/t22-,24+/m0/s1. The molecule has 12 heteroatoms. The molecule has 1 saturated carbocycles. The van der Waals surface area contributed by atoms with E-state index in [-0.39, 0.29) is 30.4 Å². The quantitative estimate of drug-likeness (QED) is 0.411. The predicted molar refractivity (Wildman–Crippen MR) is 154 cm³/mol. The first kappa shape index (κ1) is 28.6. The van der Waals surface area contributed by atoms with Crippen LogP contribution in [0.5, 0.6) is 0 Å². The van der Waals surface area contributed by atoms with Crippen LogP contribution in [-0.2, 0) is 9.47 Å². The van der Waals surface area contributed by atoms with Gasteiger partial charge in [-0.15, -0.1) is 0 Å². The van der Waals surface area contributed by atoms with Crippen LogP contribution >= 0.6 is 0 Å². The number of amides is 2. The van der Waals surface area contributed by atoms with Crippen molar-refractivity contribution in [2.45, 2.75) is 76.7 Å². The van der Waals surface area contributed by atoms with Crippen LogP contribution in [0.15, 0.2) is 41.5 Å². The molecule has 0 aromatic carbocycles. The third-order valence-corrected chi connectivity index (χ3v) is 7.44. The average Bonchev–Trinajstić information content (AvgIpc) is 3.54. The van der Waals surface area contributed by atoms with E-state index in [4.69, 9.17) is 9.47 Å². The number of hydrogen-bond acceptors (Lipinski definition) is 8. The van der Waals surface area contributed by atoms with Crippen LogP contribution in [-0.4, -0.2) is 69.3 Å². The maximum atomic E-state index is 13.5. The molecule has 2 aliphatic rings. The van der Waals surface area contributed by atoms with Gasteiger partial charge in [0.25, 0.3) is 11.5 Å². The van der Waals surface area contributed by atoms with E-state index >= 15 is 0 Å². The number of aliphatic hydroxyl groups is 1. The first-order valence-corrected chi connectivity index (χ1v) is 14.0. The summed E-state index contributed by atoms with van der Waals surface area (Å²) in [6.07, 6.45) is 7.13. The number of aromatic nitrogens is 3. The van der Waals surface area contributed by atoms with Crippen molar-refractivity contribution < 1.29 is 24.2 Å². The first-order chi connectivity index (χ1) is 19.5. The summed E-state index contributed by atoms with van der Waals surface area (Å²) in [6.45, 7) is 5.67. The van der Waals surface area contributed by atoms with E-state index < -0.39 is 29.7 Å². The summed E-state index contributed by atoms with van der Waals surface area (Å²) in [4.78, 5) is 41.0. The van der Waals surface area contributed by atoms with Crippen molar-refractivity contribution in [2.24, 2.45) is 0 Å². The molecule has 0 radical (unpaired) electrons. The minimum absolute atomic E-state index is 0.136. The Morgan fingerprint density at radius 2 is 1.93 bits per heavy atom. The van der Waals surface area contributed by atoms with Gasteiger partial charge in [0.05, 0.1) is 42.6 Å². The minimum atomic E-state index is -0.809. The maximum Gasteiger partial charge on any atom is 0.415 e. The van der Waals surface area contributed by atoms with Gasteiger partial charge in [0.2, 0.25) is 0 Å². The third kappa shape index (κ3) is 6.23. The molecule has 2 fully saturated rings. The van der Waals surface area contributed by atoms with Crippen LogP contribution in [0.1, 0.15) is 69.3 Å². The second kappa shape index (κ2) is 11.5. The molecule has 3 aromatic heterocycles. The van der Waals surface area contributed by atoms with Gasteiger partial charge in [-0.25, -0.2) is 9.31 Å². The minimum Gasteiger partial charge on any atom is -0.443 e. The van der Waals surface area contributed by atoms with Crippen molar-refractivity contribution in [3.05, 3.63) is 52.6 Å². The highest BCUT2D eigenvalue weighted by Crippen LogP contribution is 2.29. The summed E-state index contributed by atoms with van der Waals surface area (Å²) in [6, 6.07) is 6.55. The number of fused-ring (bicyclic) bond motifs is 1. The highest BCUT2D eigenvalue weighted by Gasteiger charge is 2.30. The topological polar surface area (TPSA) is 139 Å². The molecule has 1 saturated heterocycles. The monoisotopic (exact) mass is 566 g/mol. The van der Waals surface area contributed by atoms with Crippen LogP contribution in [0.25, 0.3) is 5.52 Å². The predicted octanol–water partition coefficient (Wildman–Crippen LogP) is 3.61. The first-order valence-electron chi connectivity index (χ1n) is 14.0. The normalized spacial score (nSPS) is 19.7. The van der Waals surface area contributed by atoms with Crippen molar-refractivity contribution in [1.29, 1.82) is 0 Å². The van der Waals surface area contributed by atoms with Gasteiger partial charge >= 0.3 is 6.09 Å². The smallest absolute Gasteiger partial charge is 0.415 e. The van der Waals surface area contributed by atoms with Crippen molar-refractivity contribution in [2.75, 3.05) is 30.5 Å². The molecule has 1 aliphatic carbocycles. The number of pyridine rings is 2. The Kier molecular flexibility index (Phi) is 8.05. The number of rotatable bonds is 6. The number of nitrogens with zero attached hydrogens (tertiary/aromatic N) is 4.